The van der Waals surface area contributed by atoms with Crippen molar-refractivity contribution in [2.45, 2.75) is 84.3 Å². The average molecular weight is 474 g/mol. The van der Waals surface area contributed by atoms with Crippen molar-refractivity contribution in [2.24, 2.45) is 22.4 Å². The number of aliphatic carboxylic acids is 1. The minimum absolute atomic E-state index is 0.0869. The fraction of sp³-hybridized carbons (Fsp3) is 0.640. The van der Waals surface area contributed by atoms with E-state index in [2.05, 4.69) is 31.3 Å². The maximum atomic E-state index is 14.2. The van der Waals surface area contributed by atoms with Gasteiger partial charge in [-0.25, -0.2) is 4.79 Å². The number of carbonyl (C=O) groups excluding carboxylic acids is 1. The lowest BCUT2D eigenvalue weighted by Crippen LogP contribution is -2.60. The fourth-order valence-corrected chi connectivity index (χ4v) is 5.79. The molecule has 1 aliphatic carbocycles. The van der Waals surface area contributed by atoms with Crippen LogP contribution >= 0.6 is 0 Å². The standard InChI is InChI=1S/C25H35N3O6/c1-6-25(23(31)34-24(15(2)3)12-8-9-16(4)14-24)17(5)26-27-21(22(29)30)20(25)18-10-7-11-19(13-18)28(32)33/h7,10-11,13,15-17,20,26H,6,8-9,12,14H2,1-5H3,(H,29,30). The highest BCUT2D eigenvalue weighted by Gasteiger charge is 2.58. The summed E-state index contributed by atoms with van der Waals surface area (Å²) >= 11 is 0. The molecule has 1 aliphatic heterocycles. The van der Waals surface area contributed by atoms with Crippen LogP contribution in [0.2, 0.25) is 0 Å². The number of hydrazone groups is 1. The summed E-state index contributed by atoms with van der Waals surface area (Å²) < 4.78 is 6.41. The molecular weight excluding hydrogens is 438 g/mol. The van der Waals surface area contributed by atoms with Gasteiger partial charge in [-0.3, -0.25) is 14.9 Å². The molecule has 34 heavy (non-hydrogen) atoms. The summed E-state index contributed by atoms with van der Waals surface area (Å²) in [5.41, 5.74) is 0.813. The lowest BCUT2D eigenvalue weighted by Gasteiger charge is -2.49. The van der Waals surface area contributed by atoms with Gasteiger partial charge in [0, 0.05) is 12.1 Å². The van der Waals surface area contributed by atoms with Gasteiger partial charge < -0.3 is 15.3 Å². The van der Waals surface area contributed by atoms with Crippen molar-refractivity contribution in [1.82, 2.24) is 5.43 Å². The quantitative estimate of drug-likeness (QED) is 0.334. The molecule has 0 bridgehead atoms. The first-order chi connectivity index (χ1) is 16.0. The van der Waals surface area contributed by atoms with Crippen molar-refractivity contribution in [3.63, 3.8) is 0 Å². The van der Waals surface area contributed by atoms with Crippen molar-refractivity contribution in [3.8, 4) is 0 Å². The molecule has 2 aliphatic rings. The molecule has 2 N–H and O–H groups in total. The smallest absolute Gasteiger partial charge is 0.352 e. The third-order valence-electron chi connectivity index (χ3n) is 7.88. The van der Waals surface area contributed by atoms with Gasteiger partial charge in [-0.05, 0) is 50.0 Å². The van der Waals surface area contributed by atoms with Crippen molar-refractivity contribution in [2.75, 3.05) is 0 Å². The third kappa shape index (κ3) is 4.40. The van der Waals surface area contributed by atoms with Crippen LogP contribution in [0.1, 0.15) is 78.2 Å². The molecule has 1 heterocycles. The van der Waals surface area contributed by atoms with E-state index in [-0.39, 0.29) is 23.7 Å². The van der Waals surface area contributed by atoms with Crippen LogP contribution in [0.25, 0.3) is 0 Å². The summed E-state index contributed by atoms with van der Waals surface area (Å²) in [6, 6.07) is 5.24. The van der Waals surface area contributed by atoms with Gasteiger partial charge in [0.2, 0.25) is 0 Å². The van der Waals surface area contributed by atoms with Crippen molar-refractivity contribution in [1.29, 1.82) is 0 Å². The Balaban J connectivity index is 2.15. The Labute approximate surface area is 200 Å². The van der Waals surface area contributed by atoms with E-state index in [4.69, 9.17) is 4.74 Å². The zero-order chi connectivity index (χ0) is 25.3. The van der Waals surface area contributed by atoms with Gasteiger partial charge in [0.1, 0.15) is 11.0 Å². The normalized spacial score (nSPS) is 31.4. The molecule has 1 fully saturated rings. The Bertz CT molecular complexity index is 993. The lowest BCUT2D eigenvalue weighted by atomic mass is 9.63. The summed E-state index contributed by atoms with van der Waals surface area (Å²) in [5, 5.41) is 25.5. The van der Waals surface area contributed by atoms with E-state index < -0.39 is 39.8 Å². The minimum atomic E-state index is -1.31. The Kier molecular flexibility index (Phi) is 7.33. The summed E-state index contributed by atoms with van der Waals surface area (Å²) in [5.74, 6) is -2.28. The molecule has 5 atom stereocenters. The number of non-ortho nitro benzene ring substituents is 1. The van der Waals surface area contributed by atoms with E-state index in [1.807, 2.05) is 6.92 Å². The maximum absolute atomic E-state index is 14.2. The molecule has 1 aromatic carbocycles. The molecule has 1 saturated carbocycles. The summed E-state index contributed by atoms with van der Waals surface area (Å²) in [6.45, 7) is 9.86. The number of hydrogen-bond donors (Lipinski definition) is 2. The van der Waals surface area contributed by atoms with E-state index in [1.165, 1.54) is 18.2 Å². The first kappa shape index (κ1) is 25.6. The summed E-state index contributed by atoms with van der Waals surface area (Å²) in [7, 11) is 0. The Morgan fingerprint density at radius 3 is 2.62 bits per heavy atom. The van der Waals surface area contributed by atoms with E-state index >= 15 is 0 Å². The number of carbonyl (C=O) groups is 2. The molecule has 9 heteroatoms. The first-order valence-electron chi connectivity index (χ1n) is 12.0. The Morgan fingerprint density at radius 2 is 2.06 bits per heavy atom. The number of esters is 1. The zero-order valence-electron chi connectivity index (χ0n) is 20.5. The number of nitro groups is 1. The minimum Gasteiger partial charge on any atom is -0.477 e. The van der Waals surface area contributed by atoms with Crippen molar-refractivity contribution >= 4 is 23.3 Å². The van der Waals surface area contributed by atoms with Gasteiger partial charge in [-0.15, -0.1) is 0 Å². The molecule has 0 radical (unpaired) electrons. The Morgan fingerprint density at radius 1 is 1.35 bits per heavy atom. The predicted molar refractivity (Wildman–Crippen MR) is 128 cm³/mol. The summed E-state index contributed by atoms with van der Waals surface area (Å²) in [4.78, 5) is 37.3. The molecule has 186 valence electrons. The van der Waals surface area contributed by atoms with Crippen LogP contribution < -0.4 is 5.43 Å². The van der Waals surface area contributed by atoms with Crippen LogP contribution in [0, 0.1) is 27.4 Å². The highest BCUT2D eigenvalue weighted by atomic mass is 16.6. The topological polar surface area (TPSA) is 131 Å². The number of nitrogens with zero attached hydrogens (tertiary/aromatic N) is 2. The number of nitrogens with one attached hydrogen (secondary N) is 1. The van der Waals surface area contributed by atoms with Crippen molar-refractivity contribution < 1.29 is 24.4 Å². The van der Waals surface area contributed by atoms with E-state index in [1.54, 1.807) is 13.0 Å². The molecule has 1 aromatic rings. The van der Waals surface area contributed by atoms with Crippen LogP contribution in [0.15, 0.2) is 29.4 Å². The van der Waals surface area contributed by atoms with Crippen molar-refractivity contribution in [3.05, 3.63) is 39.9 Å². The highest BCUT2D eigenvalue weighted by molar-refractivity contribution is 6.38. The van der Waals surface area contributed by atoms with Crippen LogP contribution in [0.3, 0.4) is 0 Å². The molecule has 5 unspecified atom stereocenters. The summed E-state index contributed by atoms with van der Waals surface area (Å²) in [6.07, 6.45) is 3.80. The first-order valence-corrected chi connectivity index (χ1v) is 12.0. The van der Waals surface area contributed by atoms with Gasteiger partial charge >= 0.3 is 11.9 Å². The molecule has 3 rings (SSSR count). The van der Waals surface area contributed by atoms with Gasteiger partial charge in [0.05, 0.1) is 16.9 Å². The SMILES string of the molecule is CCC1(C(=O)OC2(C(C)C)CCCC(C)C2)C(C)NN=C(C(=O)O)C1c1cccc([N+](=O)[O-])c1. The molecular formula is C25H35N3O6. The number of benzene rings is 1. The predicted octanol–water partition coefficient (Wildman–Crippen LogP) is 4.66. The van der Waals surface area contributed by atoms with Crippen LogP contribution in [-0.4, -0.2) is 39.3 Å². The van der Waals surface area contributed by atoms with E-state index in [9.17, 15) is 24.8 Å². The average Bonchev–Trinajstić information content (AvgIpc) is 2.78. The third-order valence-corrected chi connectivity index (χ3v) is 7.88. The van der Waals surface area contributed by atoms with Gasteiger partial charge in [-0.2, -0.15) is 5.10 Å². The lowest BCUT2D eigenvalue weighted by molar-refractivity contribution is -0.384. The van der Waals surface area contributed by atoms with Crippen LogP contribution in [0.4, 0.5) is 5.69 Å². The number of rotatable bonds is 7. The second kappa shape index (κ2) is 9.72. The second-order valence-electron chi connectivity index (χ2n) is 10.1. The number of carboxylic acids is 1. The van der Waals surface area contributed by atoms with Gasteiger partial charge in [0.15, 0.2) is 5.71 Å². The molecule has 0 aromatic heterocycles. The van der Waals surface area contributed by atoms with E-state index in [0.29, 0.717) is 11.5 Å². The van der Waals surface area contributed by atoms with Gasteiger partial charge in [0.25, 0.3) is 5.69 Å². The number of nitro benzene ring substituents is 1. The molecule has 0 saturated heterocycles. The molecule has 0 amide bonds. The monoisotopic (exact) mass is 473 g/mol. The largest absolute Gasteiger partial charge is 0.477 e. The highest BCUT2D eigenvalue weighted by Crippen LogP contribution is 2.49. The second-order valence-corrected chi connectivity index (χ2v) is 10.1. The fourth-order valence-electron chi connectivity index (χ4n) is 5.79. The molecule has 9 nitrogen and oxygen atoms in total. The number of hydrogen-bond acceptors (Lipinski definition) is 7. The molecule has 0 spiro atoms. The van der Waals surface area contributed by atoms with Crippen LogP contribution in [-0.2, 0) is 14.3 Å². The maximum Gasteiger partial charge on any atom is 0.352 e. The van der Waals surface area contributed by atoms with Gasteiger partial charge in [-0.1, -0.05) is 46.2 Å². The van der Waals surface area contributed by atoms with E-state index in [0.717, 1.165) is 25.7 Å². The Hall–Kier alpha value is -2.97. The van der Waals surface area contributed by atoms with Crippen LogP contribution in [0.5, 0.6) is 0 Å². The number of ether oxygens (including phenoxy) is 1. The zero-order valence-corrected chi connectivity index (χ0v) is 20.5. The number of carboxylic acid groups (broad SMARTS) is 1.